The van der Waals surface area contributed by atoms with Gasteiger partial charge in [-0.25, -0.2) is 0 Å². The molecule has 0 radical (unpaired) electrons. The van der Waals surface area contributed by atoms with E-state index in [1.54, 1.807) is 6.42 Å². The maximum absolute atomic E-state index is 5.92. The molecule has 2 atom stereocenters. The number of nitrogens with zero attached hydrogens (tertiary/aromatic N) is 1. The Morgan fingerprint density at radius 2 is 1.28 bits per heavy atom. The topological polar surface area (TPSA) is 12.5 Å². The molecule has 5 aliphatic rings. The molecule has 2 nitrogen and oxygen atoms in total. The van der Waals surface area contributed by atoms with Gasteiger partial charge in [0.1, 0.15) is 0 Å². The van der Waals surface area contributed by atoms with Crippen LogP contribution < -0.4 is 0 Å². The third kappa shape index (κ3) is 1.84. The number of ether oxygens (including phenoxy) is 1. The Morgan fingerprint density at radius 3 is 1.78 bits per heavy atom. The summed E-state index contributed by atoms with van der Waals surface area (Å²) in [6.45, 7) is 6.85. The van der Waals surface area contributed by atoms with E-state index in [1.807, 2.05) is 0 Å². The summed E-state index contributed by atoms with van der Waals surface area (Å²) in [5.74, 6) is 4.25. The van der Waals surface area contributed by atoms with Crippen molar-refractivity contribution in [2.45, 2.75) is 64.2 Å². The summed E-state index contributed by atoms with van der Waals surface area (Å²) in [5.41, 5.74) is 0. The van der Waals surface area contributed by atoms with Gasteiger partial charge in [0.05, 0.1) is 12.2 Å². The van der Waals surface area contributed by atoms with Gasteiger partial charge in [0.25, 0.3) is 0 Å². The van der Waals surface area contributed by atoms with Crippen molar-refractivity contribution in [3.63, 3.8) is 0 Å². The van der Waals surface area contributed by atoms with Crippen LogP contribution in [-0.4, -0.2) is 36.2 Å². The minimum atomic E-state index is 0.436. The van der Waals surface area contributed by atoms with Crippen molar-refractivity contribution < 1.29 is 4.74 Å². The average molecular weight is 249 g/mol. The van der Waals surface area contributed by atoms with Crippen molar-refractivity contribution in [1.29, 1.82) is 0 Å². The first-order chi connectivity index (χ1) is 8.69. The lowest BCUT2D eigenvalue weighted by Gasteiger charge is -2.58. The van der Waals surface area contributed by atoms with Crippen LogP contribution in [-0.2, 0) is 4.74 Å². The summed E-state index contributed by atoms with van der Waals surface area (Å²) < 4.78 is 5.92. The molecule has 1 saturated heterocycles. The van der Waals surface area contributed by atoms with Crippen LogP contribution in [0.1, 0.15) is 46.0 Å². The quantitative estimate of drug-likeness (QED) is 0.708. The fourth-order valence-corrected chi connectivity index (χ4v) is 5.95. The Kier molecular flexibility index (Phi) is 2.74. The van der Waals surface area contributed by atoms with E-state index in [9.17, 15) is 0 Å². The van der Waals surface area contributed by atoms with Crippen molar-refractivity contribution in [1.82, 2.24) is 4.90 Å². The largest absolute Gasteiger partial charge is 0.373 e. The Bertz CT molecular complexity index is 291. The van der Waals surface area contributed by atoms with Gasteiger partial charge in [-0.3, -0.25) is 4.90 Å². The maximum atomic E-state index is 5.92. The average Bonchev–Trinajstić information content (AvgIpc) is 2.25. The summed E-state index contributed by atoms with van der Waals surface area (Å²) in [7, 11) is 0. The second-order valence-electron chi connectivity index (χ2n) is 7.63. The minimum absolute atomic E-state index is 0.436. The zero-order valence-electron chi connectivity index (χ0n) is 11.8. The van der Waals surface area contributed by atoms with Crippen LogP contribution >= 0.6 is 0 Å². The molecule has 0 N–H and O–H groups in total. The second kappa shape index (κ2) is 4.21. The molecule has 5 fully saturated rings. The molecule has 0 aromatic heterocycles. The van der Waals surface area contributed by atoms with E-state index in [0.717, 1.165) is 29.7 Å². The Labute approximate surface area is 111 Å². The van der Waals surface area contributed by atoms with E-state index in [0.29, 0.717) is 12.2 Å². The molecule has 1 aliphatic heterocycles. The molecule has 0 spiro atoms. The van der Waals surface area contributed by atoms with Crippen molar-refractivity contribution in [3.05, 3.63) is 0 Å². The molecule has 4 aliphatic carbocycles. The number of morpholine rings is 1. The minimum Gasteiger partial charge on any atom is -0.373 e. The van der Waals surface area contributed by atoms with Crippen LogP contribution in [0.3, 0.4) is 0 Å². The molecule has 4 saturated carbocycles. The van der Waals surface area contributed by atoms with Gasteiger partial charge in [-0.2, -0.15) is 0 Å². The number of hydrogen-bond acceptors (Lipinski definition) is 2. The van der Waals surface area contributed by atoms with Crippen LogP contribution in [0.15, 0.2) is 0 Å². The smallest absolute Gasteiger partial charge is 0.0678 e. The molecule has 0 aromatic rings. The monoisotopic (exact) mass is 249 g/mol. The molecule has 4 bridgehead atoms. The van der Waals surface area contributed by atoms with Gasteiger partial charge in [-0.1, -0.05) is 0 Å². The van der Waals surface area contributed by atoms with Crippen LogP contribution in [0.25, 0.3) is 0 Å². The number of rotatable bonds is 1. The zero-order valence-corrected chi connectivity index (χ0v) is 11.8. The van der Waals surface area contributed by atoms with Gasteiger partial charge in [-0.05, 0) is 69.6 Å². The van der Waals surface area contributed by atoms with E-state index in [2.05, 4.69) is 18.7 Å². The van der Waals surface area contributed by atoms with Crippen LogP contribution in [0.4, 0.5) is 0 Å². The van der Waals surface area contributed by atoms with Crippen LogP contribution in [0.2, 0.25) is 0 Å². The first-order valence-corrected chi connectivity index (χ1v) is 8.08. The fourth-order valence-electron chi connectivity index (χ4n) is 5.95. The molecule has 1 heterocycles. The fraction of sp³-hybridized carbons (Fsp3) is 1.00. The molecule has 18 heavy (non-hydrogen) atoms. The highest BCUT2D eigenvalue weighted by Gasteiger charge is 2.50. The highest BCUT2D eigenvalue weighted by molar-refractivity contribution is 5.03. The van der Waals surface area contributed by atoms with E-state index in [4.69, 9.17) is 4.74 Å². The van der Waals surface area contributed by atoms with E-state index < -0.39 is 0 Å². The maximum Gasteiger partial charge on any atom is 0.0678 e. The molecule has 0 aromatic carbocycles. The van der Waals surface area contributed by atoms with Gasteiger partial charge in [0.15, 0.2) is 0 Å². The standard InChI is InChI=1S/C16H27NO/c1-10-8-17(9-11(2)18-10)16-14-4-12-3-13(6-14)7-15(16)5-12/h10-16H,3-9H2,1-2H3/t10-,11-,12?,13?,14?,15?,16?/m1/s1. The predicted molar refractivity (Wildman–Crippen MR) is 72.4 cm³/mol. The summed E-state index contributed by atoms with van der Waals surface area (Å²) in [6.07, 6.45) is 8.60. The van der Waals surface area contributed by atoms with Crippen molar-refractivity contribution in [3.8, 4) is 0 Å². The lowest BCUT2D eigenvalue weighted by molar-refractivity contribution is -0.130. The Morgan fingerprint density at radius 1 is 0.778 bits per heavy atom. The molecular formula is C16H27NO. The highest BCUT2D eigenvalue weighted by atomic mass is 16.5. The highest BCUT2D eigenvalue weighted by Crippen LogP contribution is 2.55. The molecule has 0 amide bonds. The third-order valence-electron chi connectivity index (χ3n) is 6.05. The normalized spacial score (nSPS) is 56.0. The molecule has 0 unspecified atom stereocenters. The van der Waals surface area contributed by atoms with E-state index in [-0.39, 0.29) is 0 Å². The molecule has 2 heteroatoms. The van der Waals surface area contributed by atoms with E-state index >= 15 is 0 Å². The molecule has 102 valence electrons. The predicted octanol–water partition coefficient (Wildman–Crippen LogP) is 2.92. The third-order valence-corrected chi connectivity index (χ3v) is 6.05. The summed E-state index contributed by atoms with van der Waals surface area (Å²) in [5, 5.41) is 0. The lowest BCUT2D eigenvalue weighted by atomic mass is 9.54. The summed E-state index contributed by atoms with van der Waals surface area (Å²) >= 11 is 0. The van der Waals surface area contributed by atoms with Crippen molar-refractivity contribution in [2.24, 2.45) is 23.7 Å². The zero-order chi connectivity index (χ0) is 12.3. The summed E-state index contributed by atoms with van der Waals surface area (Å²) in [4.78, 5) is 2.81. The first kappa shape index (κ1) is 11.7. The van der Waals surface area contributed by atoms with Gasteiger partial charge >= 0.3 is 0 Å². The van der Waals surface area contributed by atoms with Crippen LogP contribution in [0, 0.1) is 23.7 Å². The summed E-state index contributed by atoms with van der Waals surface area (Å²) in [6, 6.07) is 0.909. The van der Waals surface area contributed by atoms with Gasteiger partial charge in [0.2, 0.25) is 0 Å². The van der Waals surface area contributed by atoms with Crippen molar-refractivity contribution >= 4 is 0 Å². The first-order valence-electron chi connectivity index (χ1n) is 8.08. The van der Waals surface area contributed by atoms with E-state index in [1.165, 1.54) is 38.8 Å². The Balaban J connectivity index is 1.54. The second-order valence-corrected chi connectivity index (χ2v) is 7.63. The molecular weight excluding hydrogens is 222 g/mol. The molecule has 5 rings (SSSR count). The SMILES string of the molecule is C[C@@H]1CN(C2C3CC4CC(C3)CC2C4)C[C@@H](C)O1. The Hall–Kier alpha value is -0.0800. The van der Waals surface area contributed by atoms with Crippen LogP contribution in [0.5, 0.6) is 0 Å². The van der Waals surface area contributed by atoms with Crippen molar-refractivity contribution in [2.75, 3.05) is 13.1 Å². The lowest BCUT2D eigenvalue weighted by Crippen LogP contribution is -2.60. The van der Waals surface area contributed by atoms with Gasteiger partial charge < -0.3 is 4.74 Å². The number of hydrogen-bond donors (Lipinski definition) is 0. The van der Waals surface area contributed by atoms with Gasteiger partial charge in [-0.15, -0.1) is 0 Å². The van der Waals surface area contributed by atoms with Gasteiger partial charge in [0, 0.05) is 19.1 Å².